The second-order valence-electron chi connectivity index (χ2n) is 8.93. The summed E-state index contributed by atoms with van der Waals surface area (Å²) in [5.74, 6) is 1.88. The van der Waals surface area contributed by atoms with Gasteiger partial charge in [0.15, 0.2) is 5.76 Å². The van der Waals surface area contributed by atoms with Gasteiger partial charge in [-0.1, -0.05) is 32.0 Å². The van der Waals surface area contributed by atoms with Gasteiger partial charge in [-0.25, -0.2) is 0 Å². The monoisotopic (exact) mass is 447 g/mol. The zero-order chi connectivity index (χ0) is 23.6. The molecule has 4 rings (SSSR count). The van der Waals surface area contributed by atoms with E-state index >= 15 is 0 Å². The van der Waals surface area contributed by atoms with E-state index in [1.165, 1.54) is 0 Å². The summed E-state index contributed by atoms with van der Waals surface area (Å²) in [4.78, 5) is 13.2. The van der Waals surface area contributed by atoms with Crippen molar-refractivity contribution in [1.82, 2.24) is 0 Å². The van der Waals surface area contributed by atoms with Crippen LogP contribution in [0.4, 0.5) is 11.4 Å². The van der Waals surface area contributed by atoms with Gasteiger partial charge in [-0.15, -0.1) is 0 Å². The first-order chi connectivity index (χ1) is 15.8. The summed E-state index contributed by atoms with van der Waals surface area (Å²) in [6.07, 6.45) is 1.50. The van der Waals surface area contributed by atoms with Gasteiger partial charge < -0.3 is 19.2 Å². The highest BCUT2D eigenvalue weighted by atomic mass is 16.5. The molecule has 1 aliphatic carbocycles. The number of hydrazone groups is 1. The minimum Gasteiger partial charge on any atom is -0.497 e. The smallest absolute Gasteiger partial charge is 0.291 e. The molecule has 1 heterocycles. The molecule has 7 heteroatoms. The molecule has 0 unspecified atom stereocenters. The Morgan fingerprint density at radius 1 is 1.06 bits per heavy atom. The lowest BCUT2D eigenvalue weighted by atomic mass is 9.75. The second kappa shape index (κ2) is 9.02. The molecule has 0 saturated heterocycles. The first-order valence-corrected chi connectivity index (χ1v) is 10.8. The quantitative estimate of drug-likeness (QED) is 0.477. The first-order valence-electron chi connectivity index (χ1n) is 10.8. The number of amides is 1. The van der Waals surface area contributed by atoms with Crippen molar-refractivity contribution < 1.29 is 18.7 Å². The van der Waals surface area contributed by atoms with Gasteiger partial charge in [-0.2, -0.15) is 5.10 Å². The van der Waals surface area contributed by atoms with E-state index in [-0.39, 0.29) is 17.1 Å². The van der Waals surface area contributed by atoms with Crippen molar-refractivity contribution in [1.29, 1.82) is 0 Å². The van der Waals surface area contributed by atoms with Crippen LogP contribution < -0.4 is 20.2 Å². The molecule has 3 aromatic rings. The third-order valence-electron chi connectivity index (χ3n) is 5.75. The van der Waals surface area contributed by atoms with Crippen LogP contribution in [0.2, 0.25) is 0 Å². The fraction of sp³-hybridized carbons (Fsp3) is 0.308. The Labute approximate surface area is 193 Å². The van der Waals surface area contributed by atoms with Crippen LogP contribution in [-0.2, 0) is 6.42 Å². The number of benzene rings is 2. The molecular formula is C26H29N3O4. The Morgan fingerprint density at radius 3 is 2.52 bits per heavy atom. The molecule has 7 nitrogen and oxygen atoms in total. The Hall–Kier alpha value is -3.74. The van der Waals surface area contributed by atoms with E-state index in [4.69, 9.17) is 19.0 Å². The number of rotatable bonds is 6. The molecule has 1 aromatic heterocycles. The number of nitrogens with zero attached hydrogens (tertiary/aromatic N) is 1. The Morgan fingerprint density at radius 2 is 1.82 bits per heavy atom. The lowest BCUT2D eigenvalue weighted by Crippen LogP contribution is -2.27. The van der Waals surface area contributed by atoms with Crippen molar-refractivity contribution >= 4 is 23.0 Å². The number of nitrogens with one attached hydrogen (secondary N) is 2. The van der Waals surface area contributed by atoms with E-state index in [1.807, 2.05) is 37.3 Å². The maximum Gasteiger partial charge on any atom is 0.291 e. The van der Waals surface area contributed by atoms with Crippen LogP contribution in [0, 0.1) is 12.3 Å². The van der Waals surface area contributed by atoms with Crippen molar-refractivity contribution in [2.75, 3.05) is 25.0 Å². The van der Waals surface area contributed by atoms with E-state index in [2.05, 4.69) is 24.6 Å². The van der Waals surface area contributed by atoms with Crippen molar-refractivity contribution in [3.63, 3.8) is 0 Å². The molecule has 0 atom stereocenters. The van der Waals surface area contributed by atoms with E-state index in [0.717, 1.165) is 41.1 Å². The van der Waals surface area contributed by atoms with E-state index in [1.54, 1.807) is 32.4 Å². The highest BCUT2D eigenvalue weighted by molar-refractivity contribution is 6.10. The fourth-order valence-corrected chi connectivity index (χ4v) is 4.15. The maximum absolute atomic E-state index is 13.2. The highest BCUT2D eigenvalue weighted by Gasteiger charge is 2.36. The van der Waals surface area contributed by atoms with E-state index in [0.29, 0.717) is 17.2 Å². The maximum atomic E-state index is 13.2. The molecule has 0 saturated carbocycles. The van der Waals surface area contributed by atoms with Crippen LogP contribution >= 0.6 is 0 Å². The molecule has 1 aliphatic rings. The Bertz CT molecular complexity index is 1200. The van der Waals surface area contributed by atoms with Crippen molar-refractivity contribution in [3.8, 4) is 11.5 Å². The van der Waals surface area contributed by atoms with Gasteiger partial charge in [-0.3, -0.25) is 10.2 Å². The van der Waals surface area contributed by atoms with Gasteiger partial charge in [0.2, 0.25) is 0 Å². The van der Waals surface area contributed by atoms with Crippen LogP contribution in [0.15, 0.2) is 58.0 Å². The number of anilines is 2. The lowest BCUT2D eigenvalue weighted by Gasteiger charge is -2.29. The molecule has 2 N–H and O–H groups in total. The van der Waals surface area contributed by atoms with Crippen molar-refractivity contribution in [2.24, 2.45) is 10.5 Å². The van der Waals surface area contributed by atoms with Crippen LogP contribution in [0.3, 0.4) is 0 Å². The predicted molar refractivity (Wildman–Crippen MR) is 130 cm³/mol. The van der Waals surface area contributed by atoms with Gasteiger partial charge in [-0.05, 0) is 43.0 Å². The van der Waals surface area contributed by atoms with Gasteiger partial charge in [0, 0.05) is 23.6 Å². The van der Waals surface area contributed by atoms with Crippen LogP contribution in [0.1, 0.15) is 47.7 Å². The Kier molecular flexibility index (Phi) is 6.14. The standard InChI is InChI=1S/C26H29N3O4/c1-16-23-20(29-28-17-9-7-6-8-10-17)14-26(2,3)15-22(23)33-24(16)25(30)27-19-12-11-18(31-4)13-21(19)32-5/h6-13,28H,14-15H2,1-5H3,(H,27,30)/b29-20-. The molecule has 0 bridgehead atoms. The number of furan rings is 1. The van der Waals surface area contributed by atoms with Gasteiger partial charge in [0.1, 0.15) is 17.3 Å². The first kappa shape index (κ1) is 22.5. The second-order valence-corrected chi connectivity index (χ2v) is 8.93. The lowest BCUT2D eigenvalue weighted by molar-refractivity contribution is 0.0992. The number of methoxy groups -OCH3 is 2. The van der Waals surface area contributed by atoms with Crippen molar-refractivity contribution in [2.45, 2.75) is 33.6 Å². The van der Waals surface area contributed by atoms with E-state index in [9.17, 15) is 4.79 Å². The number of ether oxygens (including phenoxy) is 2. The zero-order valence-corrected chi connectivity index (χ0v) is 19.6. The predicted octanol–water partition coefficient (Wildman–Crippen LogP) is 5.65. The molecular weight excluding hydrogens is 418 g/mol. The summed E-state index contributed by atoms with van der Waals surface area (Å²) in [6, 6.07) is 15.0. The molecule has 2 aromatic carbocycles. The molecule has 0 fully saturated rings. The summed E-state index contributed by atoms with van der Waals surface area (Å²) < 4.78 is 16.8. The number of carbonyl (C=O) groups excluding carboxylic acids is 1. The highest BCUT2D eigenvalue weighted by Crippen LogP contribution is 2.39. The third-order valence-corrected chi connectivity index (χ3v) is 5.75. The third kappa shape index (κ3) is 4.72. The molecule has 172 valence electrons. The summed E-state index contributed by atoms with van der Waals surface area (Å²) in [5.41, 5.74) is 7.11. The normalized spacial score (nSPS) is 15.6. The average molecular weight is 448 g/mol. The van der Waals surface area contributed by atoms with Crippen LogP contribution in [0.25, 0.3) is 0 Å². The fourth-order valence-electron chi connectivity index (χ4n) is 4.15. The van der Waals surface area contributed by atoms with Gasteiger partial charge in [0.25, 0.3) is 5.91 Å². The zero-order valence-electron chi connectivity index (χ0n) is 19.6. The summed E-state index contributed by atoms with van der Waals surface area (Å²) >= 11 is 0. The summed E-state index contributed by atoms with van der Waals surface area (Å²) in [7, 11) is 3.13. The number of hydrogen-bond donors (Lipinski definition) is 2. The average Bonchev–Trinajstić information content (AvgIpc) is 3.13. The minimum absolute atomic E-state index is 0.0402. The molecule has 1 amide bonds. The molecule has 0 spiro atoms. The molecule has 0 aliphatic heterocycles. The van der Waals surface area contributed by atoms with Crippen LogP contribution in [0.5, 0.6) is 11.5 Å². The summed E-state index contributed by atoms with van der Waals surface area (Å²) in [6.45, 7) is 6.25. The largest absolute Gasteiger partial charge is 0.497 e. The Balaban J connectivity index is 1.66. The van der Waals surface area contributed by atoms with Gasteiger partial charge >= 0.3 is 0 Å². The summed E-state index contributed by atoms with van der Waals surface area (Å²) in [5, 5.41) is 7.60. The molecule has 33 heavy (non-hydrogen) atoms. The number of hydrogen-bond acceptors (Lipinski definition) is 6. The number of fused-ring (bicyclic) bond motifs is 1. The van der Waals surface area contributed by atoms with Crippen LogP contribution in [-0.4, -0.2) is 25.8 Å². The van der Waals surface area contributed by atoms with Gasteiger partial charge in [0.05, 0.1) is 31.3 Å². The van der Waals surface area contributed by atoms with E-state index < -0.39 is 0 Å². The van der Waals surface area contributed by atoms with Crippen molar-refractivity contribution in [3.05, 3.63) is 71.2 Å². The minimum atomic E-state index is -0.335. The molecule has 0 radical (unpaired) electrons. The number of carbonyl (C=O) groups is 1. The number of para-hydroxylation sites is 1. The topological polar surface area (TPSA) is 85.1 Å². The SMILES string of the molecule is COc1ccc(NC(=O)c2oc3c(c2C)/C(=N\Nc2ccccc2)CC(C)(C)C3)c(OC)c1.